The van der Waals surface area contributed by atoms with Gasteiger partial charge in [-0.05, 0) is 42.8 Å². The number of aromatic hydroxyl groups is 1. The second-order valence-corrected chi connectivity index (χ2v) is 6.77. The van der Waals surface area contributed by atoms with Crippen molar-refractivity contribution in [3.8, 4) is 5.75 Å². The van der Waals surface area contributed by atoms with Crippen LogP contribution in [0.4, 0.5) is 0 Å². The van der Waals surface area contributed by atoms with Crippen LogP contribution in [0.1, 0.15) is 12.0 Å². The van der Waals surface area contributed by atoms with Crippen LogP contribution in [0, 0.1) is 0 Å². The summed E-state index contributed by atoms with van der Waals surface area (Å²) in [6.45, 7) is 0.312. The number of nitrogens with two attached hydrogens (primary N) is 2. The Hall–Kier alpha value is -2.10. The Bertz CT molecular complexity index is 583. The molecule has 0 saturated heterocycles. The van der Waals surface area contributed by atoms with Gasteiger partial charge in [0.2, 0.25) is 18.1 Å². The second kappa shape index (κ2) is 12.3. The van der Waals surface area contributed by atoms with E-state index in [4.69, 9.17) is 11.5 Å². The van der Waals surface area contributed by atoms with Gasteiger partial charge in [-0.1, -0.05) is 12.1 Å². The summed E-state index contributed by atoms with van der Waals surface area (Å²) in [5.74, 6) is 0.314. The maximum Gasteiger partial charge on any atom is 0.243 e. The molecule has 0 bridgehead atoms. The molecule has 0 aliphatic rings. The molecule has 2 amide bonds. The molecule has 0 fully saturated rings. The molecule has 143 valence electrons. The molecule has 0 aliphatic heterocycles. The maximum absolute atomic E-state index is 12.3. The molecule has 0 aromatic heterocycles. The van der Waals surface area contributed by atoms with E-state index in [1.807, 2.05) is 0 Å². The molecule has 1 aromatic rings. The van der Waals surface area contributed by atoms with E-state index in [-0.39, 0.29) is 18.7 Å². The number of thioether (sulfide) groups is 1. The summed E-state index contributed by atoms with van der Waals surface area (Å²) in [5.41, 5.74) is 12.1. The maximum atomic E-state index is 12.3. The first-order chi connectivity index (χ1) is 12.5. The third-order valence-corrected chi connectivity index (χ3v) is 4.62. The Morgan fingerprint density at radius 3 is 2.54 bits per heavy atom. The summed E-state index contributed by atoms with van der Waals surface area (Å²) in [6.07, 6.45) is 2.65. The molecule has 0 saturated carbocycles. The summed E-state index contributed by atoms with van der Waals surface area (Å²) in [4.78, 5) is 34.7. The van der Waals surface area contributed by atoms with Gasteiger partial charge in [0.05, 0.1) is 12.6 Å². The topological polar surface area (TPSA) is 148 Å². The van der Waals surface area contributed by atoms with E-state index in [2.05, 4.69) is 10.6 Å². The van der Waals surface area contributed by atoms with Gasteiger partial charge in [-0.2, -0.15) is 11.8 Å². The average molecular weight is 381 g/mol. The number of hydrogen-bond acceptors (Lipinski definition) is 7. The molecule has 1 radical (unpaired) electrons. The summed E-state index contributed by atoms with van der Waals surface area (Å²) < 4.78 is 0. The van der Waals surface area contributed by atoms with Gasteiger partial charge in [-0.25, -0.2) is 0 Å². The lowest BCUT2D eigenvalue weighted by Gasteiger charge is -2.20. The predicted octanol–water partition coefficient (Wildman–Crippen LogP) is -0.945. The fraction of sp³-hybridized carbons (Fsp3) is 0.471. The Labute approximate surface area is 157 Å². The molecule has 1 rings (SSSR count). The smallest absolute Gasteiger partial charge is 0.243 e. The molecule has 8 nitrogen and oxygen atoms in total. The van der Waals surface area contributed by atoms with E-state index in [1.54, 1.807) is 18.4 Å². The van der Waals surface area contributed by atoms with Crippen LogP contribution in [0.15, 0.2) is 24.3 Å². The fourth-order valence-corrected chi connectivity index (χ4v) is 3.08. The van der Waals surface area contributed by atoms with Crippen LogP contribution in [0.2, 0.25) is 0 Å². The van der Waals surface area contributed by atoms with Gasteiger partial charge in [-0.15, -0.1) is 0 Å². The van der Waals surface area contributed by atoms with Gasteiger partial charge >= 0.3 is 0 Å². The van der Waals surface area contributed by atoms with Gasteiger partial charge in [0.25, 0.3) is 0 Å². The van der Waals surface area contributed by atoms with Crippen molar-refractivity contribution in [2.45, 2.75) is 24.9 Å². The highest BCUT2D eigenvalue weighted by molar-refractivity contribution is 7.99. The van der Waals surface area contributed by atoms with Crippen LogP contribution in [-0.4, -0.2) is 59.9 Å². The molecule has 0 heterocycles. The first-order valence-electron chi connectivity index (χ1n) is 8.22. The molecule has 0 spiro atoms. The van der Waals surface area contributed by atoms with Crippen molar-refractivity contribution in [2.24, 2.45) is 11.5 Å². The van der Waals surface area contributed by atoms with E-state index in [9.17, 15) is 19.5 Å². The molecule has 9 heteroatoms. The van der Waals surface area contributed by atoms with E-state index in [0.29, 0.717) is 12.3 Å². The molecule has 0 aliphatic carbocycles. The summed E-state index contributed by atoms with van der Waals surface area (Å²) in [7, 11) is 0. The van der Waals surface area contributed by atoms with Crippen LogP contribution in [-0.2, 0) is 20.8 Å². The molecule has 26 heavy (non-hydrogen) atoms. The van der Waals surface area contributed by atoms with Crippen molar-refractivity contribution in [2.75, 3.05) is 24.6 Å². The van der Waals surface area contributed by atoms with Crippen LogP contribution in [0.5, 0.6) is 5.75 Å². The first kappa shape index (κ1) is 21.9. The lowest BCUT2D eigenvalue weighted by molar-refractivity contribution is -0.128. The number of benzene rings is 1. The number of nitrogens with one attached hydrogen (secondary N) is 2. The van der Waals surface area contributed by atoms with Crippen molar-refractivity contribution in [1.29, 1.82) is 0 Å². The summed E-state index contributed by atoms with van der Waals surface area (Å²) in [6, 6.07) is 4.73. The minimum absolute atomic E-state index is 0.130. The molecule has 7 N–H and O–H groups in total. The number of carbonyl (C=O) groups is 2. The van der Waals surface area contributed by atoms with Gasteiger partial charge in [0.15, 0.2) is 0 Å². The minimum atomic E-state index is -0.846. The fourth-order valence-electron chi connectivity index (χ4n) is 2.07. The highest BCUT2D eigenvalue weighted by atomic mass is 32.2. The van der Waals surface area contributed by atoms with Crippen molar-refractivity contribution in [3.05, 3.63) is 29.8 Å². The quantitative estimate of drug-likeness (QED) is 0.293. The van der Waals surface area contributed by atoms with Crippen LogP contribution < -0.4 is 22.1 Å². The zero-order valence-corrected chi connectivity index (χ0v) is 15.3. The monoisotopic (exact) mass is 381 g/mol. The normalized spacial score (nSPS) is 12.8. The highest BCUT2D eigenvalue weighted by Gasteiger charge is 2.23. The number of rotatable bonds is 12. The largest absolute Gasteiger partial charge is 0.508 e. The van der Waals surface area contributed by atoms with Crippen molar-refractivity contribution in [1.82, 2.24) is 10.6 Å². The lowest BCUT2D eigenvalue weighted by Crippen LogP contribution is -2.53. The Balaban J connectivity index is 2.61. The first-order valence-corrected chi connectivity index (χ1v) is 9.37. The van der Waals surface area contributed by atoms with E-state index < -0.39 is 23.9 Å². The van der Waals surface area contributed by atoms with E-state index >= 15 is 0 Å². The third kappa shape index (κ3) is 8.32. The van der Waals surface area contributed by atoms with Gasteiger partial charge in [0, 0.05) is 5.75 Å². The van der Waals surface area contributed by atoms with Crippen molar-refractivity contribution in [3.63, 3.8) is 0 Å². The standard InChI is InChI=1S/C17H25N4O4S/c18-6-1-9-26-11-15(17(25)20-7-8-22)21-16(24)14(19)10-12-2-4-13(23)5-3-12/h2-5,14-15,23H,1,6-7,9-11,18-19H2,(H,20,25)(H,21,24)/t14-,15-/m0/s1. The Morgan fingerprint density at radius 2 is 1.92 bits per heavy atom. The predicted molar refractivity (Wildman–Crippen MR) is 101 cm³/mol. The van der Waals surface area contributed by atoms with Crippen molar-refractivity contribution >= 4 is 29.9 Å². The van der Waals surface area contributed by atoms with E-state index in [0.717, 1.165) is 17.7 Å². The number of amides is 2. The number of phenolic OH excluding ortho intramolecular Hbond substituents is 1. The minimum Gasteiger partial charge on any atom is -0.508 e. The second-order valence-electron chi connectivity index (χ2n) is 5.62. The Morgan fingerprint density at radius 1 is 1.23 bits per heavy atom. The summed E-state index contributed by atoms with van der Waals surface area (Å²) >= 11 is 1.48. The van der Waals surface area contributed by atoms with Crippen LogP contribution >= 0.6 is 11.8 Å². The zero-order valence-electron chi connectivity index (χ0n) is 14.4. The molecule has 2 atom stereocenters. The number of hydrogen-bond donors (Lipinski definition) is 5. The van der Waals surface area contributed by atoms with Gasteiger partial charge < -0.3 is 27.2 Å². The molecule has 1 aromatic carbocycles. The SMILES string of the molecule is NCCCSC[C@H](NC(=O)[C@@H](N)Cc1ccc(O)cc1)C(=O)NC[C]=O. The molecular weight excluding hydrogens is 356 g/mol. The number of phenols is 1. The third-order valence-electron chi connectivity index (χ3n) is 3.47. The zero-order chi connectivity index (χ0) is 19.4. The van der Waals surface area contributed by atoms with Crippen LogP contribution in [0.3, 0.4) is 0 Å². The van der Waals surface area contributed by atoms with Gasteiger partial charge in [-0.3, -0.25) is 14.4 Å². The Kier molecular flexibility index (Phi) is 10.4. The number of carbonyl (C=O) groups excluding carboxylic acids is 3. The lowest BCUT2D eigenvalue weighted by atomic mass is 10.1. The summed E-state index contributed by atoms with van der Waals surface area (Å²) in [5, 5.41) is 14.3. The van der Waals surface area contributed by atoms with Crippen LogP contribution in [0.25, 0.3) is 0 Å². The van der Waals surface area contributed by atoms with Crippen molar-refractivity contribution < 1.29 is 19.5 Å². The molecule has 0 unspecified atom stereocenters. The van der Waals surface area contributed by atoms with Gasteiger partial charge in [0.1, 0.15) is 11.8 Å². The molecular formula is C17H25N4O4S. The average Bonchev–Trinajstić information content (AvgIpc) is 2.63. The van der Waals surface area contributed by atoms with E-state index in [1.165, 1.54) is 23.9 Å². The highest BCUT2D eigenvalue weighted by Crippen LogP contribution is 2.11.